The van der Waals surface area contributed by atoms with Gasteiger partial charge in [-0.2, -0.15) is 0 Å². The van der Waals surface area contributed by atoms with Gasteiger partial charge in [0.15, 0.2) is 0 Å². The fraction of sp³-hybridized carbons (Fsp3) is 0.208. The van der Waals surface area contributed by atoms with E-state index in [1.807, 2.05) is 29.4 Å². The summed E-state index contributed by atoms with van der Waals surface area (Å²) in [5.74, 6) is -0.123. The van der Waals surface area contributed by atoms with Crippen molar-refractivity contribution in [2.45, 2.75) is 13.3 Å². The zero-order valence-corrected chi connectivity index (χ0v) is 16.9. The molecule has 0 bridgehead atoms. The van der Waals surface area contributed by atoms with Crippen LogP contribution in [-0.4, -0.2) is 36.4 Å². The molecule has 0 spiro atoms. The highest BCUT2D eigenvalue weighted by molar-refractivity contribution is 6.11. The number of amides is 1. The van der Waals surface area contributed by atoms with E-state index in [0.29, 0.717) is 13.0 Å². The van der Waals surface area contributed by atoms with E-state index < -0.39 is 0 Å². The lowest BCUT2D eigenvalue weighted by Crippen LogP contribution is -2.25. The number of nitrogens with one attached hydrogen (secondary N) is 1. The van der Waals surface area contributed by atoms with Crippen molar-refractivity contribution in [1.29, 1.82) is 0 Å². The van der Waals surface area contributed by atoms with Gasteiger partial charge in [-0.05, 0) is 48.5 Å². The van der Waals surface area contributed by atoms with Gasteiger partial charge in [0.2, 0.25) is 0 Å². The summed E-state index contributed by atoms with van der Waals surface area (Å²) in [4.78, 5) is 18.3. The molecular weight excluding hydrogens is 360 g/mol. The highest BCUT2D eigenvalue weighted by Gasteiger charge is 2.20. The van der Waals surface area contributed by atoms with Gasteiger partial charge in [-0.3, -0.25) is 4.79 Å². The minimum absolute atomic E-state index is 0.123. The zero-order chi connectivity index (χ0) is 20.1. The van der Waals surface area contributed by atoms with Crippen LogP contribution in [0.2, 0.25) is 0 Å². The van der Waals surface area contributed by atoms with Crippen LogP contribution in [0.5, 0.6) is 0 Å². The van der Waals surface area contributed by atoms with E-state index in [4.69, 9.17) is 0 Å². The normalized spacial score (nSPS) is 12.9. The molecule has 0 aromatic heterocycles. The Morgan fingerprint density at radius 2 is 1.83 bits per heavy atom. The fourth-order valence-electron chi connectivity index (χ4n) is 4.13. The maximum absolute atomic E-state index is 12.7. The lowest BCUT2D eigenvalue weighted by molar-refractivity contribution is -0.523. The Morgan fingerprint density at radius 3 is 2.59 bits per heavy atom. The second-order valence-electron chi connectivity index (χ2n) is 7.94. The first-order valence-corrected chi connectivity index (χ1v) is 9.87. The molecule has 2 aliphatic rings. The van der Waals surface area contributed by atoms with Crippen LogP contribution in [0.25, 0.3) is 32.6 Å². The summed E-state index contributed by atoms with van der Waals surface area (Å²) >= 11 is 0. The van der Waals surface area contributed by atoms with Crippen molar-refractivity contribution in [2.24, 2.45) is 5.11 Å². The summed E-state index contributed by atoms with van der Waals surface area (Å²) in [6.07, 6.45) is 0.387. The Kier molecular flexibility index (Phi) is 4.07. The van der Waals surface area contributed by atoms with Gasteiger partial charge < -0.3 is 9.88 Å². The van der Waals surface area contributed by atoms with Gasteiger partial charge >= 0.3 is 5.91 Å². The molecule has 5 nitrogen and oxygen atoms in total. The number of aryl methyl sites for hydroxylation is 1. The van der Waals surface area contributed by atoms with Crippen molar-refractivity contribution in [3.05, 3.63) is 70.9 Å². The lowest BCUT2D eigenvalue weighted by atomic mass is 10.1. The van der Waals surface area contributed by atoms with Crippen molar-refractivity contribution in [3.8, 4) is 0 Å². The van der Waals surface area contributed by atoms with Crippen molar-refractivity contribution >= 4 is 38.5 Å². The summed E-state index contributed by atoms with van der Waals surface area (Å²) in [6, 6.07) is 18.8. The average Bonchev–Trinajstić information content (AvgIpc) is 3.02. The number of aromatic nitrogens is 2. The van der Waals surface area contributed by atoms with E-state index in [9.17, 15) is 4.79 Å². The van der Waals surface area contributed by atoms with Crippen LogP contribution in [0.3, 0.4) is 0 Å². The second kappa shape index (κ2) is 6.64. The summed E-state index contributed by atoms with van der Waals surface area (Å²) in [7, 11) is 3.93. The molecule has 0 saturated heterocycles. The molecule has 144 valence electrons. The molecule has 1 N–H and O–H groups in total. The van der Waals surface area contributed by atoms with E-state index in [-0.39, 0.29) is 5.91 Å². The molecular formula is C24H23N4O+. The maximum Gasteiger partial charge on any atom is 0.310 e. The molecule has 3 aromatic carbocycles. The number of rotatable bonds is 3. The number of benzene rings is 3. The Labute approximate surface area is 167 Å². The second-order valence-corrected chi connectivity index (χ2v) is 7.94. The summed E-state index contributed by atoms with van der Waals surface area (Å²) < 4.78 is 1.84. The quantitative estimate of drug-likeness (QED) is 0.478. The van der Waals surface area contributed by atoms with Gasteiger partial charge in [-0.25, -0.2) is 0 Å². The molecule has 1 amide bonds. The van der Waals surface area contributed by atoms with Crippen molar-refractivity contribution in [3.63, 3.8) is 0 Å². The van der Waals surface area contributed by atoms with Crippen LogP contribution >= 0.6 is 0 Å². The van der Waals surface area contributed by atoms with Crippen LogP contribution in [0, 0.1) is 17.6 Å². The topological polar surface area (TPSA) is 54.4 Å². The monoisotopic (exact) mass is 383 g/mol. The number of nitrogens with zero attached hydrogens (tertiary/aromatic N) is 3. The number of aromatic amines is 1. The Balaban J connectivity index is 1.97. The number of hydrogen-bond acceptors (Lipinski definition) is 2. The summed E-state index contributed by atoms with van der Waals surface area (Å²) in [5.41, 5.74) is 3.03. The van der Waals surface area contributed by atoms with E-state index in [1.165, 1.54) is 10.8 Å². The number of carbonyl (C=O) groups is 1. The third kappa shape index (κ3) is 2.86. The predicted octanol–water partition coefficient (Wildman–Crippen LogP) is 4.02. The smallest absolute Gasteiger partial charge is 0.310 e. The van der Waals surface area contributed by atoms with Crippen molar-refractivity contribution in [2.75, 3.05) is 20.6 Å². The average molecular weight is 383 g/mol. The molecule has 5 rings (SSSR count). The van der Waals surface area contributed by atoms with Gasteiger partial charge in [0.1, 0.15) is 10.9 Å². The van der Waals surface area contributed by atoms with Crippen molar-refractivity contribution < 1.29 is 9.16 Å². The Hall–Kier alpha value is -3.31. The number of fused-ring (bicyclic) bond motifs is 3. The van der Waals surface area contributed by atoms with Gasteiger partial charge in [0.25, 0.3) is 10.9 Å². The van der Waals surface area contributed by atoms with E-state index >= 15 is 0 Å². The first-order chi connectivity index (χ1) is 14.0. The van der Waals surface area contributed by atoms with Crippen LogP contribution in [0.1, 0.15) is 12.0 Å². The molecule has 0 unspecified atom stereocenters. The molecule has 0 radical (unpaired) electrons. The molecule has 3 aromatic rings. The van der Waals surface area contributed by atoms with Crippen LogP contribution in [-0.2, 0) is 4.79 Å². The van der Waals surface area contributed by atoms with Gasteiger partial charge in [-0.1, -0.05) is 36.4 Å². The van der Waals surface area contributed by atoms with Gasteiger partial charge in [0, 0.05) is 34.9 Å². The fourth-order valence-corrected chi connectivity index (χ4v) is 4.13. The molecule has 29 heavy (non-hydrogen) atoms. The van der Waals surface area contributed by atoms with Crippen LogP contribution in [0.15, 0.2) is 59.7 Å². The molecule has 0 saturated carbocycles. The van der Waals surface area contributed by atoms with Gasteiger partial charge in [0.05, 0.1) is 5.39 Å². The number of H-pyrrole nitrogens is 1. The highest BCUT2D eigenvalue weighted by atomic mass is 16.1. The molecule has 0 atom stereocenters. The lowest BCUT2D eigenvalue weighted by Gasteiger charge is -2.04. The third-order valence-electron chi connectivity index (χ3n) is 5.50. The largest absolute Gasteiger partial charge is 0.344 e. The standard InChI is InChI=1S/C24H22N4O/c1-15-10-11-20-19(14-15)25-23-17-8-4-6-16-7-5-9-18(22(16)17)24(23)28(20)26-21(29)12-13-27(2)3/h4-11,14H,12-13H2,1-3H3/p+1. The van der Waals surface area contributed by atoms with E-state index in [2.05, 4.69) is 65.6 Å². The number of carbonyl (C=O) groups excluding carboxylic acids is 1. The van der Waals surface area contributed by atoms with Crippen molar-refractivity contribution in [1.82, 2.24) is 9.88 Å². The van der Waals surface area contributed by atoms with E-state index in [1.54, 1.807) is 0 Å². The van der Waals surface area contributed by atoms with Crippen LogP contribution in [0.4, 0.5) is 0 Å². The molecule has 1 aliphatic carbocycles. The highest BCUT2D eigenvalue weighted by Crippen LogP contribution is 2.30. The molecule has 1 heterocycles. The summed E-state index contributed by atoms with van der Waals surface area (Å²) in [6.45, 7) is 2.75. The molecule has 1 aliphatic heterocycles. The Morgan fingerprint density at radius 1 is 1.07 bits per heavy atom. The van der Waals surface area contributed by atoms with Gasteiger partial charge in [-0.15, -0.1) is 0 Å². The summed E-state index contributed by atoms with van der Waals surface area (Å²) in [5, 5.41) is 11.2. The maximum atomic E-state index is 12.7. The molecule has 5 heteroatoms. The first-order valence-electron chi connectivity index (χ1n) is 9.87. The first kappa shape index (κ1) is 17.8. The Bertz CT molecular complexity index is 1510. The number of hydrogen-bond donors (Lipinski definition) is 1. The third-order valence-corrected chi connectivity index (χ3v) is 5.50. The predicted molar refractivity (Wildman–Crippen MR) is 115 cm³/mol. The minimum atomic E-state index is -0.123. The minimum Gasteiger partial charge on any atom is -0.344 e. The zero-order valence-electron chi connectivity index (χ0n) is 16.9. The SMILES string of the molecule is Cc1ccc2c(c1)[nH]c1c3cccc4cccc(c=1[n+]2=NC(=O)CCN(C)C)c43. The van der Waals surface area contributed by atoms with Crippen LogP contribution < -0.4 is 4.36 Å². The van der Waals surface area contributed by atoms with E-state index in [0.717, 1.165) is 38.1 Å². The molecule has 0 fully saturated rings.